The van der Waals surface area contributed by atoms with Crippen molar-refractivity contribution in [3.63, 3.8) is 0 Å². The van der Waals surface area contributed by atoms with Crippen LogP contribution in [-0.2, 0) is 6.54 Å². The maximum atomic E-state index is 6.49. The van der Waals surface area contributed by atoms with Gasteiger partial charge in [0.2, 0.25) is 0 Å². The minimum absolute atomic E-state index is 0. The molecule has 1 fully saturated rings. The molecule has 4 rings (SSSR count). The van der Waals surface area contributed by atoms with E-state index in [0.29, 0.717) is 5.25 Å². The van der Waals surface area contributed by atoms with E-state index >= 15 is 0 Å². The van der Waals surface area contributed by atoms with E-state index in [-0.39, 0.29) is 12.4 Å². The normalized spacial score (nSPS) is 15.7. The monoisotopic (exact) mass is 405 g/mol. The van der Waals surface area contributed by atoms with Crippen LogP contribution in [0.4, 0.5) is 0 Å². The Labute approximate surface area is 169 Å². The van der Waals surface area contributed by atoms with Gasteiger partial charge in [0.15, 0.2) is 0 Å². The number of thioether (sulfide) groups is 1. The second-order valence-electron chi connectivity index (χ2n) is 6.46. The largest absolute Gasteiger partial charge is 0.299 e. The maximum Gasteiger partial charge on any atom is 0.0548 e. The first-order chi connectivity index (χ1) is 12.3. The average Bonchev–Trinajstić information content (AvgIpc) is 2.65. The summed E-state index contributed by atoms with van der Waals surface area (Å²) in [6.07, 6.45) is 9.87. The zero-order valence-corrected chi connectivity index (χ0v) is 16.7. The fourth-order valence-corrected chi connectivity index (χ4v) is 4.77. The maximum absolute atomic E-state index is 6.49. The highest BCUT2D eigenvalue weighted by Gasteiger charge is 2.21. The third-order valence-corrected chi connectivity index (χ3v) is 6.47. The van der Waals surface area contributed by atoms with E-state index in [1.807, 2.05) is 54.7 Å². The Hall–Kier alpha value is -1.33. The zero-order valence-electron chi connectivity index (χ0n) is 14.3. The molecule has 0 amide bonds. The Morgan fingerprint density at radius 2 is 1.85 bits per heavy atom. The summed E-state index contributed by atoms with van der Waals surface area (Å²) in [7, 11) is 0. The number of hydrogen-bond acceptors (Lipinski definition) is 4. The molecule has 1 saturated heterocycles. The van der Waals surface area contributed by atoms with Crippen LogP contribution in [0.25, 0.3) is 10.8 Å². The van der Waals surface area contributed by atoms with E-state index in [0.717, 1.165) is 30.0 Å². The molecule has 0 radical (unpaired) electrons. The lowest BCUT2D eigenvalue weighted by molar-refractivity contribution is 0.224. The summed E-state index contributed by atoms with van der Waals surface area (Å²) in [5, 5.41) is 3.77. The highest BCUT2D eigenvalue weighted by atomic mass is 35.5. The number of hydrogen-bond donors (Lipinski definition) is 0. The van der Waals surface area contributed by atoms with Crippen LogP contribution in [0.3, 0.4) is 0 Å². The van der Waals surface area contributed by atoms with E-state index in [2.05, 4.69) is 27.0 Å². The number of aromatic nitrogens is 2. The van der Waals surface area contributed by atoms with Crippen LogP contribution in [0.15, 0.2) is 60.0 Å². The third-order valence-electron chi connectivity index (χ3n) is 4.65. The SMILES string of the molecule is Cl.Clc1cc2cnccc2cc1SC1CCN(Cc2cccnc2)CC1. The minimum Gasteiger partial charge on any atom is -0.299 e. The van der Waals surface area contributed by atoms with Crippen molar-refractivity contribution in [2.45, 2.75) is 29.5 Å². The molecular formula is C20H21Cl2N3S. The number of rotatable bonds is 4. The lowest BCUT2D eigenvalue weighted by Crippen LogP contribution is -2.34. The van der Waals surface area contributed by atoms with Gasteiger partial charge in [-0.15, -0.1) is 24.2 Å². The molecule has 2 aromatic heterocycles. The van der Waals surface area contributed by atoms with Gasteiger partial charge in [0.25, 0.3) is 0 Å². The third kappa shape index (κ3) is 4.68. The molecule has 0 N–H and O–H groups in total. The van der Waals surface area contributed by atoms with Crippen LogP contribution < -0.4 is 0 Å². The van der Waals surface area contributed by atoms with Crippen LogP contribution in [0.2, 0.25) is 5.02 Å². The molecule has 0 aliphatic carbocycles. The lowest BCUT2D eigenvalue weighted by atomic mass is 10.1. The molecule has 0 unspecified atom stereocenters. The van der Waals surface area contributed by atoms with Crippen molar-refractivity contribution < 1.29 is 0 Å². The Kier molecular flexibility index (Phi) is 6.76. The second kappa shape index (κ2) is 9.05. The van der Waals surface area contributed by atoms with Crippen molar-refractivity contribution in [1.29, 1.82) is 0 Å². The van der Waals surface area contributed by atoms with E-state index in [1.165, 1.54) is 28.7 Å². The van der Waals surface area contributed by atoms with Crippen LogP contribution >= 0.6 is 35.8 Å². The summed E-state index contributed by atoms with van der Waals surface area (Å²) in [4.78, 5) is 12.1. The molecule has 6 heteroatoms. The second-order valence-corrected chi connectivity index (χ2v) is 8.21. The predicted molar refractivity (Wildman–Crippen MR) is 112 cm³/mol. The molecule has 0 saturated carbocycles. The summed E-state index contributed by atoms with van der Waals surface area (Å²) in [6.45, 7) is 3.25. The highest BCUT2D eigenvalue weighted by molar-refractivity contribution is 8.00. The van der Waals surface area contributed by atoms with E-state index in [9.17, 15) is 0 Å². The molecule has 3 nitrogen and oxygen atoms in total. The van der Waals surface area contributed by atoms with Gasteiger partial charge in [0.05, 0.1) is 5.02 Å². The molecule has 0 spiro atoms. The van der Waals surface area contributed by atoms with Crippen molar-refractivity contribution in [2.24, 2.45) is 0 Å². The molecule has 3 heterocycles. The van der Waals surface area contributed by atoms with Gasteiger partial charge >= 0.3 is 0 Å². The van der Waals surface area contributed by atoms with Gasteiger partial charge < -0.3 is 0 Å². The molecule has 1 aromatic carbocycles. The average molecular weight is 406 g/mol. The fraction of sp³-hybridized carbons (Fsp3) is 0.300. The molecular weight excluding hydrogens is 385 g/mol. The van der Waals surface area contributed by atoms with Gasteiger partial charge in [-0.3, -0.25) is 14.9 Å². The molecule has 136 valence electrons. The van der Waals surface area contributed by atoms with E-state index in [1.54, 1.807) is 0 Å². The first kappa shape index (κ1) is 19.4. The van der Waals surface area contributed by atoms with Crippen molar-refractivity contribution in [2.75, 3.05) is 13.1 Å². The molecule has 26 heavy (non-hydrogen) atoms. The predicted octanol–water partition coefficient (Wildman–Crippen LogP) is 5.46. The standard InChI is InChI=1S/C20H20ClN3S.ClH/c21-19-10-17-13-23-7-3-16(17)11-20(19)25-18-4-8-24(9-5-18)14-15-2-1-6-22-12-15;/h1-3,6-7,10-13,18H,4-5,8-9,14H2;1H. The highest BCUT2D eigenvalue weighted by Crippen LogP contribution is 2.37. The Balaban J connectivity index is 0.00000196. The van der Waals surface area contributed by atoms with Gasteiger partial charge in [-0.25, -0.2) is 0 Å². The van der Waals surface area contributed by atoms with E-state index in [4.69, 9.17) is 11.6 Å². The molecule has 1 aliphatic rings. The first-order valence-electron chi connectivity index (χ1n) is 8.59. The Morgan fingerprint density at radius 3 is 2.62 bits per heavy atom. The van der Waals surface area contributed by atoms with Crippen LogP contribution in [0.1, 0.15) is 18.4 Å². The molecule has 0 atom stereocenters. The number of likely N-dealkylation sites (tertiary alicyclic amines) is 1. The number of fused-ring (bicyclic) bond motifs is 1. The van der Waals surface area contributed by atoms with Gasteiger partial charge in [0.1, 0.15) is 0 Å². The van der Waals surface area contributed by atoms with Crippen molar-refractivity contribution >= 4 is 46.5 Å². The number of pyridine rings is 2. The Morgan fingerprint density at radius 1 is 1.04 bits per heavy atom. The van der Waals surface area contributed by atoms with Gasteiger partial charge in [-0.1, -0.05) is 17.7 Å². The molecule has 3 aromatic rings. The smallest absolute Gasteiger partial charge is 0.0548 e. The van der Waals surface area contributed by atoms with Crippen LogP contribution in [0.5, 0.6) is 0 Å². The van der Waals surface area contributed by atoms with Crippen LogP contribution in [-0.4, -0.2) is 33.2 Å². The number of piperidine rings is 1. The molecule has 1 aliphatic heterocycles. The lowest BCUT2D eigenvalue weighted by Gasteiger charge is -2.31. The quantitative estimate of drug-likeness (QED) is 0.575. The zero-order chi connectivity index (χ0) is 17.1. The van der Waals surface area contributed by atoms with Crippen molar-refractivity contribution in [1.82, 2.24) is 14.9 Å². The summed E-state index contributed by atoms with van der Waals surface area (Å²) < 4.78 is 0. The Bertz CT molecular complexity index is 852. The fourth-order valence-electron chi connectivity index (χ4n) is 3.29. The van der Waals surface area contributed by atoms with Crippen molar-refractivity contribution in [3.05, 3.63) is 65.7 Å². The molecule has 0 bridgehead atoms. The number of nitrogens with zero attached hydrogens (tertiary/aromatic N) is 3. The minimum atomic E-state index is 0. The van der Waals surface area contributed by atoms with Gasteiger partial charge in [-0.05, 0) is 61.1 Å². The first-order valence-corrected chi connectivity index (χ1v) is 9.85. The van der Waals surface area contributed by atoms with Crippen LogP contribution in [0, 0.1) is 0 Å². The number of halogens is 2. The van der Waals surface area contributed by atoms with Gasteiger partial charge in [0, 0.05) is 46.9 Å². The topological polar surface area (TPSA) is 29.0 Å². The summed E-state index contributed by atoms with van der Waals surface area (Å²) in [5.41, 5.74) is 1.29. The summed E-state index contributed by atoms with van der Waals surface area (Å²) in [5.74, 6) is 0. The summed E-state index contributed by atoms with van der Waals surface area (Å²) >= 11 is 8.42. The van der Waals surface area contributed by atoms with E-state index < -0.39 is 0 Å². The number of benzene rings is 1. The summed E-state index contributed by atoms with van der Waals surface area (Å²) in [6, 6.07) is 10.4. The van der Waals surface area contributed by atoms with Gasteiger partial charge in [-0.2, -0.15) is 0 Å². The van der Waals surface area contributed by atoms with Crippen molar-refractivity contribution in [3.8, 4) is 0 Å².